The number of rotatable bonds is 35. The molecule has 2 atom stereocenters. The highest BCUT2D eigenvalue weighted by Crippen LogP contribution is 2.38. The minimum Gasteiger partial charge on any atom is -0.756 e. The lowest BCUT2D eigenvalue weighted by Gasteiger charge is -2.28. The van der Waals surface area contributed by atoms with E-state index in [1.165, 1.54) is 0 Å². The number of likely N-dealkylation sites (N-methyl/N-ethyl adjacent to an activating group) is 1. The molecule has 0 bridgehead atoms. The summed E-state index contributed by atoms with van der Waals surface area (Å²) in [5.41, 5.74) is 0. The van der Waals surface area contributed by atoms with Gasteiger partial charge in [-0.15, -0.1) is 0 Å². The molecule has 0 aromatic carbocycles. The number of phosphoric acid groups is 1. The summed E-state index contributed by atoms with van der Waals surface area (Å²) in [5, 5.41) is 0. The molecule has 0 saturated heterocycles. The monoisotopic (exact) mass is 800 g/mol. The Morgan fingerprint density at radius 3 is 1.46 bits per heavy atom. The molecule has 0 amide bonds. The molecule has 2 unspecified atom stereocenters. The largest absolute Gasteiger partial charge is 0.756 e. The fourth-order valence-corrected chi connectivity index (χ4v) is 5.36. The molecule has 0 aromatic heterocycles. The van der Waals surface area contributed by atoms with Gasteiger partial charge in [0.1, 0.15) is 19.8 Å². The molecule has 0 N–H and O–H groups in total. The second-order valence-corrected chi connectivity index (χ2v) is 15.6. The number of hydrogen-bond donors (Lipinski definition) is 0. The summed E-state index contributed by atoms with van der Waals surface area (Å²) < 4.78 is 33.7. The van der Waals surface area contributed by atoms with Crippen LogP contribution in [0.3, 0.4) is 0 Å². The molecule has 0 heterocycles. The van der Waals surface area contributed by atoms with Crippen LogP contribution in [0.25, 0.3) is 0 Å². The van der Waals surface area contributed by atoms with E-state index in [1.807, 2.05) is 33.3 Å². The first kappa shape index (κ1) is 52.7. The molecule has 9 nitrogen and oxygen atoms in total. The van der Waals surface area contributed by atoms with Gasteiger partial charge in [0, 0.05) is 12.8 Å². The summed E-state index contributed by atoms with van der Waals surface area (Å²) >= 11 is 0. The van der Waals surface area contributed by atoms with Crippen LogP contribution in [0.2, 0.25) is 0 Å². The molecule has 0 aromatic rings. The molecule has 0 aliphatic rings. The van der Waals surface area contributed by atoms with E-state index in [1.54, 1.807) is 0 Å². The molecule has 0 radical (unpaired) electrons. The van der Waals surface area contributed by atoms with Crippen LogP contribution >= 0.6 is 7.82 Å². The minimum absolute atomic E-state index is 0.0561. The predicted molar refractivity (Wildman–Crippen MR) is 231 cm³/mol. The number of phosphoric ester groups is 1. The van der Waals surface area contributed by atoms with E-state index in [2.05, 4.69) is 111 Å². The van der Waals surface area contributed by atoms with Gasteiger partial charge in [-0.25, -0.2) is 0 Å². The molecular weight excluding hydrogens is 725 g/mol. The van der Waals surface area contributed by atoms with Crippen molar-refractivity contribution in [3.63, 3.8) is 0 Å². The smallest absolute Gasteiger partial charge is 0.306 e. The van der Waals surface area contributed by atoms with Crippen molar-refractivity contribution in [1.82, 2.24) is 0 Å². The van der Waals surface area contributed by atoms with Crippen molar-refractivity contribution < 1.29 is 42.1 Å². The van der Waals surface area contributed by atoms with Crippen LogP contribution in [0, 0.1) is 0 Å². The number of unbranched alkanes of at least 4 members (excludes halogenated alkanes) is 3. The summed E-state index contributed by atoms with van der Waals surface area (Å²) in [6, 6.07) is 0. The number of carbonyl (C=O) groups excluding carboxylic acids is 2. The molecule has 0 aliphatic carbocycles. The quantitative estimate of drug-likeness (QED) is 0.0205. The Labute approximate surface area is 340 Å². The Morgan fingerprint density at radius 1 is 0.554 bits per heavy atom. The van der Waals surface area contributed by atoms with Crippen LogP contribution in [0.4, 0.5) is 0 Å². The lowest BCUT2D eigenvalue weighted by atomic mass is 10.1. The third-order valence-corrected chi connectivity index (χ3v) is 8.77. The van der Waals surface area contributed by atoms with Gasteiger partial charge in [-0.1, -0.05) is 130 Å². The van der Waals surface area contributed by atoms with E-state index in [4.69, 9.17) is 18.5 Å². The van der Waals surface area contributed by atoms with Crippen molar-refractivity contribution >= 4 is 19.8 Å². The Morgan fingerprint density at radius 2 is 1.00 bits per heavy atom. The number of nitrogens with zero attached hydrogens (tertiary/aromatic N) is 1. The van der Waals surface area contributed by atoms with Crippen LogP contribution in [-0.2, 0) is 32.7 Å². The summed E-state index contributed by atoms with van der Waals surface area (Å²) in [6.07, 6.45) is 50.0. The molecule has 10 heteroatoms. The van der Waals surface area contributed by atoms with E-state index in [0.29, 0.717) is 23.9 Å². The molecule has 56 heavy (non-hydrogen) atoms. The third kappa shape index (κ3) is 40.3. The Hall–Kier alpha value is -3.33. The van der Waals surface area contributed by atoms with Crippen molar-refractivity contribution in [2.24, 2.45) is 0 Å². The highest BCUT2D eigenvalue weighted by molar-refractivity contribution is 7.45. The number of allylic oxidation sites excluding steroid dienone is 18. The van der Waals surface area contributed by atoms with Crippen molar-refractivity contribution in [3.8, 4) is 0 Å². The van der Waals surface area contributed by atoms with E-state index >= 15 is 0 Å². The number of esters is 2. The van der Waals surface area contributed by atoms with Gasteiger partial charge in [-0.3, -0.25) is 14.2 Å². The van der Waals surface area contributed by atoms with Crippen LogP contribution in [0.15, 0.2) is 109 Å². The average molecular weight is 800 g/mol. The Kier molecular flexibility index (Phi) is 35.0. The van der Waals surface area contributed by atoms with Crippen LogP contribution in [0.5, 0.6) is 0 Å². The van der Waals surface area contributed by atoms with Gasteiger partial charge < -0.3 is 27.9 Å². The van der Waals surface area contributed by atoms with Crippen molar-refractivity contribution in [3.05, 3.63) is 109 Å². The number of hydrogen-bond acceptors (Lipinski definition) is 8. The number of quaternary nitrogens is 1. The van der Waals surface area contributed by atoms with Gasteiger partial charge >= 0.3 is 11.9 Å². The molecule has 0 rings (SSSR count). The summed E-state index contributed by atoms with van der Waals surface area (Å²) in [6.45, 7) is 3.83. The fraction of sp³-hybridized carbons (Fsp3) is 0.565. The lowest BCUT2D eigenvalue weighted by Crippen LogP contribution is -2.37. The lowest BCUT2D eigenvalue weighted by molar-refractivity contribution is -0.870. The standard InChI is InChI=1S/C46H74NO8P/c1-6-8-10-12-14-16-18-20-21-22-23-24-25-27-29-31-33-35-37-39-46(49)55-44(43-54-56(50,51)53-41-40-47(3,4)5)42-52-45(48)38-36-34-32-30-28-26-19-17-15-13-11-9-7-2/h8-11,14-17,20-21,23-24,26-29,33,35,44H,6-7,12-13,18-19,22,25,30-32,34,36-43H2,1-5H3/b10-8-,11-9-,16-14-,17-15-,21-20-,24-23-,28-26-,29-27-,35-33-. The van der Waals surface area contributed by atoms with Crippen molar-refractivity contribution in [2.75, 3.05) is 47.5 Å². The minimum atomic E-state index is -4.66. The predicted octanol–water partition coefficient (Wildman–Crippen LogP) is 10.9. The van der Waals surface area contributed by atoms with Crippen LogP contribution in [-0.4, -0.2) is 70.0 Å². The summed E-state index contributed by atoms with van der Waals surface area (Å²) in [7, 11) is 1.08. The normalized spacial score (nSPS) is 14.8. The zero-order chi connectivity index (χ0) is 41.4. The molecule has 0 saturated carbocycles. The van der Waals surface area contributed by atoms with Crippen LogP contribution in [0.1, 0.15) is 117 Å². The van der Waals surface area contributed by atoms with Gasteiger partial charge in [-0.05, 0) is 83.5 Å². The Balaban J connectivity index is 4.60. The molecular formula is C46H74NO8P. The topological polar surface area (TPSA) is 111 Å². The van der Waals surface area contributed by atoms with E-state index < -0.39 is 32.5 Å². The van der Waals surface area contributed by atoms with Gasteiger partial charge in [0.05, 0.1) is 27.7 Å². The van der Waals surface area contributed by atoms with Gasteiger partial charge in [0.2, 0.25) is 0 Å². The summed E-state index contributed by atoms with van der Waals surface area (Å²) in [5.74, 6) is -0.982. The number of carbonyl (C=O) groups is 2. The first-order valence-electron chi connectivity index (χ1n) is 20.6. The first-order chi connectivity index (χ1) is 27.0. The second-order valence-electron chi connectivity index (χ2n) is 14.2. The van der Waals surface area contributed by atoms with E-state index in [9.17, 15) is 19.0 Å². The second kappa shape index (κ2) is 37.3. The van der Waals surface area contributed by atoms with Gasteiger partial charge in [0.25, 0.3) is 7.82 Å². The zero-order valence-corrected chi connectivity index (χ0v) is 36.2. The van der Waals surface area contributed by atoms with Crippen molar-refractivity contribution in [1.29, 1.82) is 0 Å². The maximum absolute atomic E-state index is 12.6. The highest BCUT2D eigenvalue weighted by Gasteiger charge is 2.21. The fourth-order valence-electron chi connectivity index (χ4n) is 4.63. The molecule has 316 valence electrons. The highest BCUT2D eigenvalue weighted by atomic mass is 31.2. The molecule has 0 aliphatic heterocycles. The molecule has 0 fully saturated rings. The zero-order valence-electron chi connectivity index (χ0n) is 35.3. The first-order valence-corrected chi connectivity index (χ1v) is 22.1. The summed E-state index contributed by atoms with van der Waals surface area (Å²) in [4.78, 5) is 37.4. The van der Waals surface area contributed by atoms with Gasteiger partial charge in [0.15, 0.2) is 6.10 Å². The maximum Gasteiger partial charge on any atom is 0.306 e. The SMILES string of the molecule is CC/C=C\C/C=C\C/C=C\C/C=C\C/C=C\C/C=C\CCC(=O)OC(COC(=O)CCCCC/C=C\C/C=C\C/C=C\CC)COP(=O)([O-])OCC[N+](C)(C)C. The Bertz CT molecular complexity index is 1320. The van der Waals surface area contributed by atoms with E-state index in [0.717, 1.165) is 77.0 Å². The molecule has 0 spiro atoms. The maximum atomic E-state index is 12.6. The van der Waals surface area contributed by atoms with Crippen molar-refractivity contribution in [2.45, 2.75) is 123 Å². The van der Waals surface area contributed by atoms with E-state index in [-0.39, 0.29) is 26.1 Å². The van der Waals surface area contributed by atoms with Gasteiger partial charge in [-0.2, -0.15) is 0 Å². The third-order valence-electron chi connectivity index (χ3n) is 7.80. The number of ether oxygens (including phenoxy) is 2. The average Bonchev–Trinajstić information content (AvgIpc) is 3.15. The van der Waals surface area contributed by atoms with Crippen LogP contribution < -0.4 is 4.89 Å².